The molecule has 204 valence electrons. The molecule has 0 aromatic heterocycles. The Morgan fingerprint density at radius 3 is 2.51 bits per heavy atom. The average molecular weight is 535 g/mol. The van der Waals surface area contributed by atoms with Crippen molar-refractivity contribution in [2.75, 3.05) is 13.9 Å². The van der Waals surface area contributed by atoms with Gasteiger partial charge in [0.1, 0.15) is 11.7 Å². The fourth-order valence-corrected chi connectivity index (χ4v) is 5.52. The Kier molecular flexibility index (Phi) is 7.12. The van der Waals surface area contributed by atoms with Crippen LogP contribution < -0.4 is 14.2 Å². The largest absolute Gasteiger partial charge is 0.497 e. The first-order valence-corrected chi connectivity index (χ1v) is 13.0. The molecule has 0 saturated carbocycles. The zero-order valence-electron chi connectivity index (χ0n) is 22.3. The maximum Gasteiger partial charge on any atom is 0.315 e. The Bertz CT molecular complexity index is 1390. The lowest BCUT2D eigenvalue weighted by Crippen LogP contribution is -2.39. The molecule has 5 rings (SSSR count). The minimum absolute atomic E-state index is 0.0724. The van der Waals surface area contributed by atoms with Crippen molar-refractivity contribution in [3.63, 3.8) is 0 Å². The number of ether oxygens (including phenoxy) is 4. The Hall–Kier alpha value is -4.21. The molecule has 0 bridgehead atoms. The molecule has 0 fully saturated rings. The number of esters is 1. The van der Waals surface area contributed by atoms with Gasteiger partial charge in [0.25, 0.3) is 5.69 Å². The van der Waals surface area contributed by atoms with E-state index in [1.807, 2.05) is 31.2 Å². The summed E-state index contributed by atoms with van der Waals surface area (Å²) in [6.45, 7) is 5.31. The van der Waals surface area contributed by atoms with E-state index in [4.69, 9.17) is 23.9 Å². The molecular weight excluding hydrogens is 504 g/mol. The van der Waals surface area contributed by atoms with Gasteiger partial charge in [-0.1, -0.05) is 19.1 Å². The smallest absolute Gasteiger partial charge is 0.315 e. The number of rotatable bonds is 7. The number of carbonyl (C=O) groups excluding carboxylic acids is 2. The molecule has 0 saturated heterocycles. The van der Waals surface area contributed by atoms with Crippen molar-refractivity contribution in [2.24, 2.45) is 10.9 Å². The predicted octanol–water partition coefficient (Wildman–Crippen LogP) is 5.25. The Morgan fingerprint density at radius 1 is 1.18 bits per heavy atom. The molecule has 1 aliphatic carbocycles. The topological polar surface area (TPSA) is 127 Å². The van der Waals surface area contributed by atoms with Crippen LogP contribution in [0.3, 0.4) is 0 Å². The van der Waals surface area contributed by atoms with Crippen LogP contribution in [0.5, 0.6) is 17.2 Å². The highest BCUT2D eigenvalue weighted by Gasteiger charge is 2.47. The molecular formula is C29H30N2O8. The second kappa shape index (κ2) is 10.5. The lowest BCUT2D eigenvalue weighted by Gasteiger charge is -2.36. The molecule has 2 aliphatic heterocycles. The zero-order chi connectivity index (χ0) is 27.8. The van der Waals surface area contributed by atoms with E-state index in [2.05, 4.69) is 0 Å². The maximum atomic E-state index is 13.9. The van der Waals surface area contributed by atoms with E-state index in [0.717, 1.165) is 5.56 Å². The van der Waals surface area contributed by atoms with Gasteiger partial charge in [-0.15, -0.1) is 0 Å². The van der Waals surface area contributed by atoms with Crippen molar-refractivity contribution in [1.82, 2.24) is 0 Å². The quantitative estimate of drug-likeness (QED) is 0.268. The molecule has 2 aromatic rings. The summed E-state index contributed by atoms with van der Waals surface area (Å²) < 4.78 is 21.8. The number of carbonyl (C=O) groups is 2. The summed E-state index contributed by atoms with van der Waals surface area (Å²) in [5.74, 6) is -1.57. The first kappa shape index (κ1) is 26.4. The second-order valence-corrected chi connectivity index (χ2v) is 10.0. The van der Waals surface area contributed by atoms with E-state index in [1.165, 1.54) is 12.1 Å². The van der Waals surface area contributed by atoms with Crippen molar-refractivity contribution < 1.29 is 33.5 Å². The number of ketones is 1. The van der Waals surface area contributed by atoms with Gasteiger partial charge in [0, 0.05) is 34.9 Å². The van der Waals surface area contributed by atoms with Crippen LogP contribution in [0.4, 0.5) is 5.69 Å². The van der Waals surface area contributed by atoms with Gasteiger partial charge >= 0.3 is 5.97 Å². The summed E-state index contributed by atoms with van der Waals surface area (Å²) in [6, 6.07) is 10.4. The molecule has 0 spiro atoms. The first-order chi connectivity index (χ1) is 18.7. The molecule has 2 aromatic carbocycles. The molecule has 1 unspecified atom stereocenters. The van der Waals surface area contributed by atoms with E-state index in [1.54, 1.807) is 21.0 Å². The molecule has 0 radical (unpaired) electrons. The van der Waals surface area contributed by atoms with Gasteiger partial charge in [-0.05, 0) is 56.4 Å². The number of fused-ring (bicyclic) bond motifs is 1. The third kappa shape index (κ3) is 4.86. The monoisotopic (exact) mass is 534 g/mol. The number of aliphatic imine (C=N–C) groups is 1. The minimum Gasteiger partial charge on any atom is -0.497 e. The van der Waals surface area contributed by atoms with Crippen LogP contribution >= 0.6 is 0 Å². The zero-order valence-corrected chi connectivity index (χ0v) is 22.3. The van der Waals surface area contributed by atoms with E-state index in [9.17, 15) is 19.7 Å². The van der Waals surface area contributed by atoms with Crippen molar-refractivity contribution in [1.29, 1.82) is 0 Å². The fourth-order valence-electron chi connectivity index (χ4n) is 5.52. The van der Waals surface area contributed by atoms with Gasteiger partial charge in [-0.3, -0.25) is 24.7 Å². The first-order valence-electron chi connectivity index (χ1n) is 13.0. The van der Waals surface area contributed by atoms with Crippen LogP contribution in [-0.4, -0.2) is 42.4 Å². The highest BCUT2D eigenvalue weighted by Crippen LogP contribution is 2.51. The third-order valence-electron chi connectivity index (χ3n) is 7.68. The van der Waals surface area contributed by atoms with Crippen LogP contribution in [0, 0.1) is 16.0 Å². The van der Waals surface area contributed by atoms with Gasteiger partial charge in [0.2, 0.25) is 6.79 Å². The van der Waals surface area contributed by atoms with Crippen LogP contribution in [0.25, 0.3) is 0 Å². The molecule has 3 aliphatic rings. The maximum absolute atomic E-state index is 13.9. The average Bonchev–Trinajstić information content (AvgIpc) is 3.39. The number of hydrogen-bond acceptors (Lipinski definition) is 9. The molecule has 4 atom stereocenters. The van der Waals surface area contributed by atoms with E-state index in [0.29, 0.717) is 41.3 Å². The molecule has 10 nitrogen and oxygen atoms in total. The minimum atomic E-state index is -1.00. The lowest BCUT2D eigenvalue weighted by atomic mass is 9.69. The summed E-state index contributed by atoms with van der Waals surface area (Å²) >= 11 is 0. The fraction of sp³-hybridized carbons (Fsp3) is 0.414. The van der Waals surface area contributed by atoms with Crippen molar-refractivity contribution in [3.8, 4) is 17.2 Å². The number of methoxy groups -OCH3 is 1. The highest BCUT2D eigenvalue weighted by atomic mass is 16.7. The summed E-state index contributed by atoms with van der Waals surface area (Å²) in [4.78, 5) is 43.8. The molecule has 2 heterocycles. The van der Waals surface area contributed by atoms with Crippen LogP contribution in [-0.2, 0) is 14.3 Å². The predicted molar refractivity (Wildman–Crippen MR) is 141 cm³/mol. The number of Topliss-reactive ketones (excluding diaryl/α,β-unsaturated/α-hetero) is 1. The number of nitro benzene ring substituents is 1. The SMILES string of the molecule is CC[C@H](C)OC(=O)C1C(C)=NC2=C(C(=O)C[C@H](c3ccc(OC)cc3)C2)[C@@H]1c1cc2c(cc1[N+](=O)[O-])OCO2. The normalized spacial score (nSPS) is 22.6. The van der Waals surface area contributed by atoms with Gasteiger partial charge in [-0.25, -0.2) is 0 Å². The standard InChI is InChI=1S/C29H30N2O8/c1-5-15(2)39-29(33)26-16(3)30-21-10-18(17-6-8-19(36-4)9-7-17)11-23(32)28(21)27(26)20-12-24-25(38-14-37-24)13-22(20)31(34)35/h6-9,12-13,15,18,26-27H,5,10-11,14H2,1-4H3/t15-,18+,26?,27+/m0/s1. The number of benzene rings is 2. The number of allylic oxidation sites excluding steroid dienone is 2. The summed E-state index contributed by atoms with van der Waals surface area (Å²) in [6.07, 6.45) is 0.864. The van der Waals surface area contributed by atoms with Crippen molar-refractivity contribution >= 4 is 23.2 Å². The summed E-state index contributed by atoms with van der Waals surface area (Å²) in [5, 5.41) is 12.2. The number of hydrogen-bond donors (Lipinski definition) is 0. The van der Waals surface area contributed by atoms with E-state index >= 15 is 0 Å². The molecule has 10 heteroatoms. The van der Waals surface area contributed by atoms with Crippen LogP contribution in [0.15, 0.2) is 52.7 Å². The molecule has 39 heavy (non-hydrogen) atoms. The summed E-state index contributed by atoms with van der Waals surface area (Å²) in [7, 11) is 1.59. The molecule has 0 N–H and O–H groups in total. The number of nitrogens with zero attached hydrogens (tertiary/aromatic N) is 2. The Morgan fingerprint density at radius 2 is 1.87 bits per heavy atom. The lowest BCUT2D eigenvalue weighted by molar-refractivity contribution is -0.385. The van der Waals surface area contributed by atoms with Gasteiger partial charge < -0.3 is 18.9 Å². The number of nitro groups is 1. The Balaban J connectivity index is 1.64. The van der Waals surface area contributed by atoms with Crippen LogP contribution in [0.1, 0.15) is 63.0 Å². The van der Waals surface area contributed by atoms with Crippen molar-refractivity contribution in [3.05, 3.63) is 68.9 Å². The van der Waals surface area contributed by atoms with Gasteiger partial charge in [0.15, 0.2) is 17.3 Å². The van der Waals surface area contributed by atoms with Crippen molar-refractivity contribution in [2.45, 2.75) is 58.0 Å². The summed E-state index contributed by atoms with van der Waals surface area (Å²) in [5.41, 5.74) is 2.22. The molecule has 0 amide bonds. The van der Waals surface area contributed by atoms with Crippen LogP contribution in [0.2, 0.25) is 0 Å². The third-order valence-corrected chi connectivity index (χ3v) is 7.68. The second-order valence-electron chi connectivity index (χ2n) is 10.0. The Labute approximate surface area is 225 Å². The van der Waals surface area contributed by atoms with Gasteiger partial charge in [-0.2, -0.15) is 0 Å². The van der Waals surface area contributed by atoms with E-state index in [-0.39, 0.29) is 48.0 Å². The highest BCUT2D eigenvalue weighted by molar-refractivity contribution is 6.09. The van der Waals surface area contributed by atoms with E-state index < -0.39 is 22.7 Å². The van der Waals surface area contributed by atoms with Gasteiger partial charge in [0.05, 0.1) is 24.2 Å².